The number of unbranched alkanes of at least 4 members (excludes halogenated alkanes) is 1. The van der Waals surface area contributed by atoms with E-state index < -0.39 is 22.1 Å². The predicted molar refractivity (Wildman–Crippen MR) is 86.9 cm³/mol. The SMILES string of the molecule is CCCCN(C)S(=O)(=O)c1cc2c(c(Cl)c1Cl)OC(C(=O)O)C2. The van der Waals surface area contributed by atoms with Crippen LogP contribution in [0.15, 0.2) is 11.0 Å². The van der Waals surface area contributed by atoms with Gasteiger partial charge in [0.05, 0.1) is 5.02 Å². The maximum atomic E-state index is 12.7. The van der Waals surface area contributed by atoms with Crippen LogP contribution in [0, 0.1) is 0 Å². The van der Waals surface area contributed by atoms with Crippen molar-refractivity contribution >= 4 is 39.2 Å². The van der Waals surface area contributed by atoms with Crippen molar-refractivity contribution in [2.75, 3.05) is 13.6 Å². The predicted octanol–water partition coefficient (Wildman–Crippen LogP) is 2.80. The number of carboxylic acids is 1. The van der Waals surface area contributed by atoms with Crippen molar-refractivity contribution in [3.8, 4) is 5.75 Å². The molecule has 0 radical (unpaired) electrons. The molecule has 23 heavy (non-hydrogen) atoms. The van der Waals surface area contributed by atoms with Gasteiger partial charge in [0.15, 0.2) is 6.10 Å². The van der Waals surface area contributed by atoms with Crippen LogP contribution in [0.3, 0.4) is 0 Å². The van der Waals surface area contributed by atoms with Crippen LogP contribution in [0.2, 0.25) is 10.0 Å². The van der Waals surface area contributed by atoms with Crippen LogP contribution in [0.5, 0.6) is 5.75 Å². The molecule has 1 N–H and O–H groups in total. The molecule has 1 heterocycles. The topological polar surface area (TPSA) is 83.9 Å². The number of halogens is 2. The van der Waals surface area contributed by atoms with Crippen LogP contribution in [-0.4, -0.2) is 43.5 Å². The van der Waals surface area contributed by atoms with Crippen molar-refractivity contribution in [2.24, 2.45) is 0 Å². The average molecular weight is 382 g/mol. The Bertz CT molecular complexity index is 735. The Balaban J connectivity index is 2.45. The van der Waals surface area contributed by atoms with E-state index in [-0.39, 0.29) is 27.1 Å². The molecule has 0 fully saturated rings. The lowest BCUT2D eigenvalue weighted by molar-refractivity contribution is -0.144. The van der Waals surface area contributed by atoms with Gasteiger partial charge in [-0.2, -0.15) is 0 Å². The van der Waals surface area contributed by atoms with Gasteiger partial charge >= 0.3 is 5.97 Å². The van der Waals surface area contributed by atoms with E-state index in [0.717, 1.165) is 12.8 Å². The first-order chi connectivity index (χ1) is 10.7. The Morgan fingerprint density at radius 3 is 2.65 bits per heavy atom. The molecule has 1 aromatic rings. The normalized spacial score (nSPS) is 17.2. The zero-order chi connectivity index (χ0) is 17.4. The maximum Gasteiger partial charge on any atom is 0.345 e. The highest BCUT2D eigenvalue weighted by molar-refractivity contribution is 7.89. The Labute approximate surface area is 145 Å². The molecule has 0 spiro atoms. The second-order valence-corrected chi connectivity index (χ2v) is 8.09. The molecule has 1 aromatic carbocycles. The van der Waals surface area contributed by atoms with E-state index >= 15 is 0 Å². The molecule has 1 aliphatic heterocycles. The number of hydrogen-bond acceptors (Lipinski definition) is 4. The molecule has 0 aliphatic carbocycles. The fourth-order valence-electron chi connectivity index (χ4n) is 2.29. The number of carboxylic acid groups (broad SMARTS) is 1. The number of nitrogens with zero attached hydrogens (tertiary/aromatic N) is 1. The third-order valence-electron chi connectivity index (χ3n) is 3.66. The molecule has 0 saturated carbocycles. The van der Waals surface area contributed by atoms with Crippen molar-refractivity contribution in [3.63, 3.8) is 0 Å². The number of fused-ring (bicyclic) bond motifs is 1. The number of aliphatic carboxylic acids is 1. The van der Waals surface area contributed by atoms with Crippen LogP contribution >= 0.6 is 23.2 Å². The van der Waals surface area contributed by atoms with Gasteiger partial charge in [-0.3, -0.25) is 0 Å². The lowest BCUT2D eigenvalue weighted by atomic mass is 10.1. The van der Waals surface area contributed by atoms with Crippen molar-refractivity contribution in [3.05, 3.63) is 21.7 Å². The van der Waals surface area contributed by atoms with Crippen LogP contribution in [0.25, 0.3) is 0 Å². The van der Waals surface area contributed by atoms with Crippen LogP contribution in [0.4, 0.5) is 0 Å². The van der Waals surface area contributed by atoms with Gasteiger partial charge in [-0.15, -0.1) is 0 Å². The summed E-state index contributed by atoms with van der Waals surface area (Å²) in [4.78, 5) is 10.9. The maximum absolute atomic E-state index is 12.7. The fraction of sp³-hybridized carbons (Fsp3) is 0.500. The van der Waals surface area contributed by atoms with E-state index in [1.165, 1.54) is 17.4 Å². The molecule has 0 bridgehead atoms. The van der Waals surface area contributed by atoms with Gasteiger partial charge in [0.1, 0.15) is 15.7 Å². The zero-order valence-corrected chi connectivity index (χ0v) is 15.0. The van der Waals surface area contributed by atoms with E-state index in [1.54, 1.807) is 0 Å². The number of rotatable bonds is 6. The summed E-state index contributed by atoms with van der Waals surface area (Å²) in [5, 5.41) is 8.81. The molecular formula is C14H17Cl2NO5S. The summed E-state index contributed by atoms with van der Waals surface area (Å²) < 4.78 is 31.8. The Hall–Kier alpha value is -1.02. The summed E-state index contributed by atoms with van der Waals surface area (Å²) >= 11 is 12.2. The summed E-state index contributed by atoms with van der Waals surface area (Å²) in [5.74, 6) is -1.00. The monoisotopic (exact) mass is 381 g/mol. The third kappa shape index (κ3) is 3.42. The van der Waals surface area contributed by atoms with Crippen LogP contribution < -0.4 is 4.74 Å². The number of sulfonamides is 1. The Morgan fingerprint density at radius 1 is 1.43 bits per heavy atom. The van der Waals surface area contributed by atoms with Gasteiger partial charge in [0.2, 0.25) is 10.0 Å². The molecule has 1 unspecified atom stereocenters. The van der Waals surface area contributed by atoms with E-state index in [0.29, 0.717) is 12.1 Å². The summed E-state index contributed by atoms with van der Waals surface area (Å²) in [6.45, 7) is 2.32. The third-order valence-corrected chi connectivity index (χ3v) is 6.50. The average Bonchev–Trinajstić information content (AvgIpc) is 2.92. The molecule has 1 aliphatic rings. The lowest BCUT2D eigenvalue weighted by Gasteiger charge is -2.19. The molecular weight excluding hydrogens is 365 g/mol. The van der Waals surface area contributed by atoms with Crippen molar-refractivity contribution < 1.29 is 23.1 Å². The van der Waals surface area contributed by atoms with E-state index in [2.05, 4.69) is 0 Å². The molecule has 0 saturated heterocycles. The van der Waals surface area contributed by atoms with Gasteiger partial charge in [0, 0.05) is 25.6 Å². The second-order valence-electron chi connectivity index (χ2n) is 5.32. The van der Waals surface area contributed by atoms with Gasteiger partial charge in [-0.25, -0.2) is 17.5 Å². The number of ether oxygens (including phenoxy) is 1. The largest absolute Gasteiger partial charge is 0.478 e. The van der Waals surface area contributed by atoms with Crippen molar-refractivity contribution in [1.82, 2.24) is 4.31 Å². The summed E-state index contributed by atoms with van der Waals surface area (Å²) in [6.07, 6.45) is 0.528. The van der Waals surface area contributed by atoms with Gasteiger partial charge < -0.3 is 9.84 Å². The minimum absolute atomic E-state index is 0.0444. The first kappa shape index (κ1) is 18.3. The number of benzene rings is 1. The zero-order valence-electron chi connectivity index (χ0n) is 12.7. The molecule has 2 rings (SSSR count). The fourth-order valence-corrected chi connectivity index (χ4v) is 4.37. The minimum Gasteiger partial charge on any atom is -0.478 e. The van der Waals surface area contributed by atoms with E-state index in [1.807, 2.05) is 6.92 Å². The smallest absolute Gasteiger partial charge is 0.345 e. The number of carbonyl (C=O) groups is 1. The van der Waals surface area contributed by atoms with Crippen molar-refractivity contribution in [2.45, 2.75) is 37.2 Å². The highest BCUT2D eigenvalue weighted by Gasteiger charge is 2.35. The second kappa shape index (κ2) is 6.84. The molecule has 6 nitrogen and oxygen atoms in total. The minimum atomic E-state index is -3.81. The number of hydrogen-bond donors (Lipinski definition) is 1. The van der Waals surface area contributed by atoms with E-state index in [4.69, 9.17) is 33.0 Å². The molecule has 0 aromatic heterocycles. The van der Waals surface area contributed by atoms with Crippen molar-refractivity contribution in [1.29, 1.82) is 0 Å². The first-order valence-electron chi connectivity index (χ1n) is 7.06. The highest BCUT2D eigenvalue weighted by Crippen LogP contribution is 2.44. The summed E-state index contributed by atoms with van der Waals surface area (Å²) in [7, 11) is -2.34. The Kier molecular flexibility index (Phi) is 5.45. The molecule has 1 atom stereocenters. The lowest BCUT2D eigenvalue weighted by Crippen LogP contribution is -2.28. The van der Waals surface area contributed by atoms with Crippen LogP contribution in [0.1, 0.15) is 25.3 Å². The first-order valence-corrected chi connectivity index (χ1v) is 9.26. The van der Waals surface area contributed by atoms with Gasteiger partial charge in [0.25, 0.3) is 0 Å². The molecule has 128 valence electrons. The summed E-state index contributed by atoms with van der Waals surface area (Å²) in [5.41, 5.74) is 0.425. The molecule has 9 heteroatoms. The van der Waals surface area contributed by atoms with Gasteiger partial charge in [-0.05, 0) is 12.5 Å². The van der Waals surface area contributed by atoms with Gasteiger partial charge in [-0.1, -0.05) is 36.5 Å². The van der Waals surface area contributed by atoms with E-state index in [9.17, 15) is 13.2 Å². The summed E-state index contributed by atoms with van der Waals surface area (Å²) in [6, 6.07) is 1.35. The highest BCUT2D eigenvalue weighted by atomic mass is 35.5. The standard InChI is InChI=1S/C14H17Cl2NO5S/c1-3-4-5-17(2)23(20,21)10-7-8-6-9(14(18)19)22-13(8)12(16)11(10)15/h7,9H,3-6H2,1-2H3,(H,18,19). The molecule has 0 amide bonds. The Morgan fingerprint density at radius 2 is 2.09 bits per heavy atom. The quantitative estimate of drug-likeness (QED) is 0.818. The van der Waals surface area contributed by atoms with Crippen LogP contribution in [-0.2, 0) is 21.2 Å².